The lowest BCUT2D eigenvalue weighted by atomic mass is 10.0. The van der Waals surface area contributed by atoms with Crippen molar-refractivity contribution in [3.63, 3.8) is 0 Å². The van der Waals surface area contributed by atoms with Crippen LogP contribution in [0.15, 0.2) is 176 Å². The Balaban J connectivity index is 1.22. The van der Waals surface area contributed by atoms with Crippen molar-refractivity contribution in [1.82, 2.24) is 9.13 Å². The molecular formula is C42H29N2P. The highest BCUT2D eigenvalue weighted by Crippen LogP contribution is 2.40. The van der Waals surface area contributed by atoms with Gasteiger partial charge in [-0.1, -0.05) is 121 Å². The molecule has 0 amide bonds. The Morgan fingerprint density at radius 3 is 1.62 bits per heavy atom. The van der Waals surface area contributed by atoms with Gasteiger partial charge in [0.25, 0.3) is 0 Å². The van der Waals surface area contributed by atoms with Crippen molar-refractivity contribution in [2.24, 2.45) is 0 Å². The summed E-state index contributed by atoms with van der Waals surface area (Å²) in [6.45, 7) is 0. The van der Waals surface area contributed by atoms with Gasteiger partial charge in [-0.15, -0.1) is 0 Å². The molecule has 3 heteroatoms. The SMILES string of the molecule is c1ccc(-n2ccc3c4ccc5c(c4ccc32)c2ccccc2n5-c2ccc(P(c3ccccc3)c3ccccc3)cc2)cc1. The summed E-state index contributed by atoms with van der Waals surface area (Å²) in [6, 6.07) is 62.0. The minimum atomic E-state index is -0.652. The summed E-state index contributed by atoms with van der Waals surface area (Å²) >= 11 is 0. The van der Waals surface area contributed by atoms with Gasteiger partial charge in [0.15, 0.2) is 0 Å². The molecule has 0 aliphatic carbocycles. The summed E-state index contributed by atoms with van der Waals surface area (Å²) < 4.78 is 4.71. The lowest BCUT2D eigenvalue weighted by Crippen LogP contribution is -2.20. The molecule has 0 radical (unpaired) electrons. The Hall–Kier alpha value is -5.43. The fraction of sp³-hybridized carbons (Fsp3) is 0. The second-order valence-corrected chi connectivity index (χ2v) is 13.7. The molecule has 0 atom stereocenters. The van der Waals surface area contributed by atoms with Crippen LogP contribution in [0.1, 0.15) is 0 Å². The van der Waals surface area contributed by atoms with Crippen LogP contribution in [0.5, 0.6) is 0 Å². The fourth-order valence-corrected chi connectivity index (χ4v) is 9.23. The summed E-state index contributed by atoms with van der Waals surface area (Å²) in [6.07, 6.45) is 2.19. The van der Waals surface area contributed by atoms with E-state index in [1.807, 2.05) is 0 Å². The molecule has 0 N–H and O–H groups in total. The van der Waals surface area contributed by atoms with Crippen LogP contribution in [-0.4, -0.2) is 9.13 Å². The van der Waals surface area contributed by atoms with Crippen molar-refractivity contribution >= 4 is 67.3 Å². The van der Waals surface area contributed by atoms with Gasteiger partial charge in [0.05, 0.1) is 16.6 Å². The quantitative estimate of drug-likeness (QED) is 0.176. The van der Waals surface area contributed by atoms with Crippen molar-refractivity contribution in [3.05, 3.63) is 176 Å². The zero-order valence-electron chi connectivity index (χ0n) is 24.6. The van der Waals surface area contributed by atoms with Crippen molar-refractivity contribution in [1.29, 1.82) is 0 Å². The number of aromatic nitrogens is 2. The van der Waals surface area contributed by atoms with Crippen LogP contribution >= 0.6 is 7.92 Å². The van der Waals surface area contributed by atoms with Gasteiger partial charge >= 0.3 is 0 Å². The minimum Gasteiger partial charge on any atom is -0.317 e. The second kappa shape index (κ2) is 10.6. The molecule has 0 bridgehead atoms. The number of hydrogen-bond acceptors (Lipinski definition) is 0. The molecule has 7 aromatic carbocycles. The fourth-order valence-electron chi connectivity index (χ4n) is 6.94. The molecule has 2 nitrogen and oxygen atoms in total. The highest BCUT2D eigenvalue weighted by molar-refractivity contribution is 7.79. The van der Waals surface area contributed by atoms with Crippen LogP contribution in [0.2, 0.25) is 0 Å². The minimum absolute atomic E-state index is 0.652. The van der Waals surface area contributed by atoms with Crippen LogP contribution < -0.4 is 15.9 Å². The summed E-state index contributed by atoms with van der Waals surface area (Å²) in [7, 11) is -0.652. The summed E-state index contributed by atoms with van der Waals surface area (Å²) in [5.74, 6) is 0. The number of benzene rings is 7. The highest BCUT2D eigenvalue weighted by atomic mass is 31.1. The summed E-state index contributed by atoms with van der Waals surface area (Å²) in [4.78, 5) is 0. The Morgan fingerprint density at radius 2 is 0.911 bits per heavy atom. The third kappa shape index (κ3) is 4.22. The molecule has 0 unspecified atom stereocenters. The molecule has 0 aliphatic heterocycles. The summed E-state index contributed by atoms with van der Waals surface area (Å²) in [5, 5.41) is 10.5. The number of nitrogens with zero attached hydrogens (tertiary/aromatic N) is 2. The maximum absolute atomic E-state index is 2.43. The molecule has 0 saturated carbocycles. The number of rotatable bonds is 5. The standard InChI is InChI=1S/C42H29N2P/c1-4-12-30(13-5-1)43-29-28-36-35-24-27-41-42(37(35)25-26-39(36)43)38-18-10-11-19-40(38)44(41)31-20-22-34(23-21-31)45(32-14-6-2-7-15-32)33-16-8-3-9-17-33/h1-29H. The predicted molar refractivity (Wildman–Crippen MR) is 194 cm³/mol. The third-order valence-corrected chi connectivity index (χ3v) is 11.4. The first-order chi connectivity index (χ1) is 22.3. The van der Waals surface area contributed by atoms with Gasteiger partial charge in [-0.2, -0.15) is 0 Å². The Morgan fingerprint density at radius 1 is 0.333 bits per heavy atom. The van der Waals surface area contributed by atoms with Gasteiger partial charge in [0.1, 0.15) is 0 Å². The second-order valence-electron chi connectivity index (χ2n) is 11.4. The van der Waals surface area contributed by atoms with Crippen molar-refractivity contribution in [2.75, 3.05) is 0 Å². The maximum Gasteiger partial charge on any atom is 0.0547 e. The van der Waals surface area contributed by atoms with Gasteiger partial charge < -0.3 is 9.13 Å². The molecule has 212 valence electrons. The van der Waals surface area contributed by atoms with Gasteiger partial charge in [-0.05, 0) is 83.1 Å². The average molecular weight is 593 g/mol. The maximum atomic E-state index is 2.43. The molecule has 9 aromatic rings. The van der Waals surface area contributed by atoms with Gasteiger partial charge in [0, 0.05) is 33.7 Å². The highest BCUT2D eigenvalue weighted by Gasteiger charge is 2.19. The lowest BCUT2D eigenvalue weighted by Gasteiger charge is -2.20. The van der Waals surface area contributed by atoms with Crippen molar-refractivity contribution in [2.45, 2.75) is 0 Å². The van der Waals surface area contributed by atoms with Crippen LogP contribution in [-0.2, 0) is 0 Å². The molecular weight excluding hydrogens is 563 g/mol. The lowest BCUT2D eigenvalue weighted by molar-refractivity contribution is 1.13. The molecule has 45 heavy (non-hydrogen) atoms. The van der Waals surface area contributed by atoms with E-state index in [-0.39, 0.29) is 0 Å². The van der Waals surface area contributed by atoms with Crippen molar-refractivity contribution in [3.8, 4) is 11.4 Å². The van der Waals surface area contributed by atoms with E-state index in [0.717, 1.165) is 0 Å². The number of para-hydroxylation sites is 2. The largest absolute Gasteiger partial charge is 0.317 e. The van der Waals surface area contributed by atoms with Gasteiger partial charge in [0.2, 0.25) is 0 Å². The molecule has 0 saturated heterocycles. The normalized spacial score (nSPS) is 11.8. The van der Waals surface area contributed by atoms with E-state index in [4.69, 9.17) is 0 Å². The number of hydrogen-bond donors (Lipinski definition) is 0. The Kier molecular flexibility index (Phi) is 6.14. The Bertz CT molecular complexity index is 2420. The monoisotopic (exact) mass is 592 g/mol. The van der Waals surface area contributed by atoms with E-state index < -0.39 is 7.92 Å². The molecule has 0 spiro atoms. The zero-order chi connectivity index (χ0) is 29.7. The first-order valence-corrected chi connectivity index (χ1v) is 16.7. The van der Waals surface area contributed by atoms with E-state index in [2.05, 4.69) is 185 Å². The van der Waals surface area contributed by atoms with E-state index in [1.165, 1.54) is 70.8 Å². The zero-order valence-corrected chi connectivity index (χ0v) is 25.5. The first-order valence-electron chi connectivity index (χ1n) is 15.4. The van der Waals surface area contributed by atoms with Gasteiger partial charge in [-0.3, -0.25) is 0 Å². The smallest absolute Gasteiger partial charge is 0.0547 e. The van der Waals surface area contributed by atoms with Crippen LogP contribution in [0.25, 0.3) is 54.9 Å². The van der Waals surface area contributed by atoms with Crippen LogP contribution in [0.4, 0.5) is 0 Å². The van der Waals surface area contributed by atoms with Gasteiger partial charge in [-0.25, -0.2) is 0 Å². The number of fused-ring (bicyclic) bond motifs is 7. The van der Waals surface area contributed by atoms with E-state index in [1.54, 1.807) is 0 Å². The van der Waals surface area contributed by atoms with E-state index in [9.17, 15) is 0 Å². The molecule has 0 aliphatic rings. The van der Waals surface area contributed by atoms with E-state index in [0.29, 0.717) is 0 Å². The first kappa shape index (κ1) is 26.0. The molecule has 9 rings (SSSR count). The summed E-state index contributed by atoms with van der Waals surface area (Å²) in [5.41, 5.74) is 6.03. The van der Waals surface area contributed by atoms with Crippen LogP contribution in [0.3, 0.4) is 0 Å². The Labute approximate surface area is 263 Å². The topological polar surface area (TPSA) is 9.86 Å². The third-order valence-electron chi connectivity index (χ3n) is 8.93. The average Bonchev–Trinajstić information content (AvgIpc) is 3.70. The molecule has 2 aromatic heterocycles. The van der Waals surface area contributed by atoms with E-state index >= 15 is 0 Å². The van der Waals surface area contributed by atoms with Crippen LogP contribution in [0, 0.1) is 0 Å². The van der Waals surface area contributed by atoms with Crippen molar-refractivity contribution < 1.29 is 0 Å². The predicted octanol–water partition coefficient (Wildman–Crippen LogP) is 9.64. The molecule has 2 heterocycles. The molecule has 0 fully saturated rings.